The van der Waals surface area contributed by atoms with Gasteiger partial charge in [0.2, 0.25) is 0 Å². The van der Waals surface area contributed by atoms with Gasteiger partial charge in [0.25, 0.3) is 0 Å². The largest absolute Gasteiger partial charge is 0.435 e. The van der Waals surface area contributed by atoms with Crippen molar-refractivity contribution in [3.8, 4) is 0 Å². The quantitative estimate of drug-likeness (QED) is 0.520. The van der Waals surface area contributed by atoms with Crippen molar-refractivity contribution in [1.29, 1.82) is 0 Å². The van der Waals surface area contributed by atoms with Crippen LogP contribution in [0.2, 0.25) is 0 Å². The zero-order valence-electron chi connectivity index (χ0n) is 21.1. The number of pyridine rings is 1. The first-order chi connectivity index (χ1) is 17.2. The van der Waals surface area contributed by atoms with Crippen LogP contribution in [0.15, 0.2) is 17.4 Å². The average Bonchev–Trinajstić information content (AvgIpc) is 2.79. The molecule has 4 aliphatic rings. The number of ether oxygens (including phenoxy) is 2. The van der Waals surface area contributed by atoms with Crippen molar-refractivity contribution in [1.82, 2.24) is 21.0 Å². The Morgan fingerprint density at radius 2 is 1.97 bits per heavy atom. The molecule has 3 fully saturated rings. The molecule has 4 heterocycles. The van der Waals surface area contributed by atoms with Gasteiger partial charge in [-0.25, -0.2) is 15.2 Å². The number of likely N-dealkylation sites (N-methyl/N-ethyl adjacent to an activating group) is 1. The third kappa shape index (κ3) is 4.52. The maximum absolute atomic E-state index is 12.2. The number of aryl methyl sites for hydroxylation is 1. The van der Waals surface area contributed by atoms with E-state index in [0.717, 1.165) is 62.5 Å². The van der Waals surface area contributed by atoms with E-state index in [0.29, 0.717) is 29.9 Å². The molecule has 1 aromatic heterocycles. The van der Waals surface area contributed by atoms with Crippen LogP contribution in [0.4, 0.5) is 10.6 Å². The molecule has 194 valence electrons. The van der Waals surface area contributed by atoms with Crippen LogP contribution in [-0.4, -0.2) is 73.6 Å². The molecule has 5 rings (SSSR count). The summed E-state index contributed by atoms with van der Waals surface area (Å²) in [5.74, 6) is 0.00867. The molecule has 0 bridgehead atoms. The first-order valence-corrected chi connectivity index (χ1v) is 12.6. The lowest BCUT2D eigenvalue weighted by Crippen LogP contribution is -2.66. The molecule has 36 heavy (non-hydrogen) atoms. The van der Waals surface area contributed by atoms with Crippen molar-refractivity contribution < 1.29 is 23.9 Å². The predicted molar refractivity (Wildman–Crippen MR) is 132 cm³/mol. The normalized spacial score (nSPS) is 27.2. The van der Waals surface area contributed by atoms with E-state index >= 15 is 0 Å². The van der Waals surface area contributed by atoms with Crippen LogP contribution < -0.4 is 21.0 Å². The van der Waals surface area contributed by atoms with Gasteiger partial charge in [-0.15, -0.1) is 0 Å². The molecule has 0 radical (unpaired) electrons. The standard InChI is InChI=1S/C25H34N6O5/c1-15-8-19(31-11-24(12-31)13-35-14-24)27-10-18(15)20-25(36-23(34)30-29-20)6-4-17(5-7-25)9-16(2)28-22(33)21(32)26-3/h8,10,16-17H,4-7,9,11-14H2,1-3H3,(H,26,32)(H,28,33)(H,30,34)/t16-,17?,25?/m0/s1. The summed E-state index contributed by atoms with van der Waals surface area (Å²) in [5, 5.41) is 9.53. The maximum Gasteiger partial charge on any atom is 0.428 e. The van der Waals surface area contributed by atoms with Crippen LogP contribution in [0.25, 0.3) is 0 Å². The second-order valence-corrected chi connectivity index (χ2v) is 10.8. The summed E-state index contributed by atoms with van der Waals surface area (Å²) >= 11 is 0. The van der Waals surface area contributed by atoms with E-state index in [1.807, 2.05) is 20.0 Å². The third-order valence-electron chi connectivity index (χ3n) is 7.93. The number of hydrogen-bond donors (Lipinski definition) is 3. The van der Waals surface area contributed by atoms with E-state index in [1.54, 1.807) is 0 Å². The van der Waals surface area contributed by atoms with E-state index in [2.05, 4.69) is 32.1 Å². The monoisotopic (exact) mass is 498 g/mol. The zero-order chi connectivity index (χ0) is 25.5. The molecule has 0 aromatic carbocycles. The Labute approximate surface area is 210 Å². The van der Waals surface area contributed by atoms with Crippen molar-refractivity contribution in [3.63, 3.8) is 0 Å². The molecule has 1 aromatic rings. The van der Waals surface area contributed by atoms with Crippen molar-refractivity contribution >= 4 is 29.4 Å². The van der Waals surface area contributed by atoms with E-state index in [1.165, 1.54) is 7.05 Å². The van der Waals surface area contributed by atoms with E-state index in [4.69, 9.17) is 14.5 Å². The topological polar surface area (TPSA) is 134 Å². The van der Waals surface area contributed by atoms with Crippen LogP contribution >= 0.6 is 0 Å². The molecule has 2 spiro atoms. The molecular formula is C25H34N6O5. The molecule has 1 saturated carbocycles. The van der Waals surface area contributed by atoms with Crippen molar-refractivity contribution in [2.45, 2.75) is 57.6 Å². The lowest BCUT2D eigenvalue weighted by Gasteiger charge is -2.55. The van der Waals surface area contributed by atoms with Gasteiger partial charge < -0.3 is 25.0 Å². The van der Waals surface area contributed by atoms with E-state index < -0.39 is 23.5 Å². The van der Waals surface area contributed by atoms with Gasteiger partial charge >= 0.3 is 17.9 Å². The van der Waals surface area contributed by atoms with Crippen molar-refractivity contribution in [2.75, 3.05) is 38.3 Å². The van der Waals surface area contributed by atoms with Crippen LogP contribution in [0.1, 0.15) is 50.2 Å². The number of hydrazone groups is 1. The van der Waals surface area contributed by atoms with Gasteiger partial charge in [-0.2, -0.15) is 5.10 Å². The summed E-state index contributed by atoms with van der Waals surface area (Å²) in [6, 6.07) is 1.94. The Kier molecular flexibility index (Phi) is 6.36. The summed E-state index contributed by atoms with van der Waals surface area (Å²) < 4.78 is 11.3. The number of hydrogen-bond acceptors (Lipinski definition) is 8. The van der Waals surface area contributed by atoms with Gasteiger partial charge in [0.15, 0.2) is 5.60 Å². The van der Waals surface area contributed by atoms with E-state index in [9.17, 15) is 14.4 Å². The number of aromatic nitrogens is 1. The predicted octanol–water partition coefficient (Wildman–Crippen LogP) is 1.24. The molecular weight excluding hydrogens is 464 g/mol. The minimum atomic E-state index is -0.800. The molecule has 2 saturated heterocycles. The highest BCUT2D eigenvalue weighted by atomic mass is 16.6. The first-order valence-electron chi connectivity index (χ1n) is 12.6. The Morgan fingerprint density at radius 3 is 2.58 bits per heavy atom. The highest BCUT2D eigenvalue weighted by Gasteiger charge is 2.50. The smallest absolute Gasteiger partial charge is 0.428 e. The van der Waals surface area contributed by atoms with Gasteiger partial charge in [0.1, 0.15) is 11.5 Å². The minimum Gasteiger partial charge on any atom is -0.435 e. The van der Waals surface area contributed by atoms with Crippen LogP contribution in [0.5, 0.6) is 0 Å². The molecule has 1 atom stereocenters. The second kappa shape index (κ2) is 9.34. The van der Waals surface area contributed by atoms with Gasteiger partial charge in [0, 0.05) is 37.9 Å². The van der Waals surface area contributed by atoms with Gasteiger partial charge in [-0.05, 0) is 63.5 Å². The number of nitrogens with zero attached hydrogens (tertiary/aromatic N) is 3. The highest BCUT2D eigenvalue weighted by molar-refractivity contribution is 6.35. The molecule has 1 aliphatic carbocycles. The number of rotatable bonds is 5. The summed E-state index contributed by atoms with van der Waals surface area (Å²) in [5.41, 5.74) is 4.63. The Morgan fingerprint density at radius 1 is 1.25 bits per heavy atom. The Bertz CT molecular complexity index is 1080. The Balaban J connectivity index is 1.25. The molecule has 0 unspecified atom stereocenters. The molecule has 3 N–H and O–H groups in total. The SMILES string of the molecule is CNC(=O)C(=O)N[C@@H](C)CC1CCC2(CC1)OC(=O)NN=C2c1cnc(N2CC3(COC3)C2)cc1C. The summed E-state index contributed by atoms with van der Waals surface area (Å²) in [7, 11) is 1.43. The lowest BCUT2D eigenvalue weighted by atomic mass is 9.72. The zero-order valence-corrected chi connectivity index (χ0v) is 21.1. The number of carbonyl (C=O) groups excluding carboxylic acids is 3. The minimum absolute atomic E-state index is 0.135. The van der Waals surface area contributed by atoms with Crippen molar-refractivity contribution in [3.05, 3.63) is 23.4 Å². The maximum atomic E-state index is 12.2. The van der Waals surface area contributed by atoms with E-state index in [-0.39, 0.29) is 6.04 Å². The fourth-order valence-electron chi connectivity index (χ4n) is 5.90. The highest BCUT2D eigenvalue weighted by Crippen LogP contribution is 2.42. The lowest BCUT2D eigenvalue weighted by molar-refractivity contribution is -0.139. The number of anilines is 1. The summed E-state index contributed by atoms with van der Waals surface area (Å²) in [6.45, 7) is 7.53. The Hall–Kier alpha value is -3.21. The molecule has 11 nitrogen and oxygen atoms in total. The fraction of sp³-hybridized carbons (Fsp3) is 0.640. The fourth-order valence-corrected chi connectivity index (χ4v) is 5.90. The number of amides is 3. The molecule has 3 aliphatic heterocycles. The number of nitrogens with one attached hydrogen (secondary N) is 3. The van der Waals surface area contributed by atoms with Gasteiger partial charge in [-0.3, -0.25) is 9.59 Å². The summed E-state index contributed by atoms with van der Waals surface area (Å²) in [4.78, 5) is 42.5. The van der Waals surface area contributed by atoms with Crippen LogP contribution in [-0.2, 0) is 19.1 Å². The van der Waals surface area contributed by atoms with Crippen molar-refractivity contribution in [2.24, 2.45) is 16.4 Å². The average molecular weight is 499 g/mol. The second-order valence-electron chi connectivity index (χ2n) is 10.8. The van der Waals surface area contributed by atoms with Crippen LogP contribution in [0.3, 0.4) is 0 Å². The first kappa shape index (κ1) is 24.5. The summed E-state index contributed by atoms with van der Waals surface area (Å²) in [6.07, 6.45) is 4.95. The van der Waals surface area contributed by atoms with Gasteiger partial charge in [0.05, 0.1) is 18.6 Å². The van der Waals surface area contributed by atoms with Gasteiger partial charge in [-0.1, -0.05) is 0 Å². The number of carbonyl (C=O) groups is 3. The molecule has 11 heteroatoms. The third-order valence-corrected chi connectivity index (χ3v) is 7.93. The molecule has 3 amide bonds. The van der Waals surface area contributed by atoms with Crippen LogP contribution in [0, 0.1) is 18.3 Å².